The summed E-state index contributed by atoms with van der Waals surface area (Å²) in [5.74, 6) is 1.01. The zero-order valence-corrected chi connectivity index (χ0v) is 10.6. The van der Waals surface area contributed by atoms with E-state index >= 15 is 0 Å². The van der Waals surface area contributed by atoms with Crippen molar-refractivity contribution < 1.29 is 4.42 Å². The predicted octanol–water partition coefficient (Wildman–Crippen LogP) is 2.78. The fourth-order valence-electron chi connectivity index (χ4n) is 2.49. The summed E-state index contributed by atoms with van der Waals surface area (Å²) in [6.07, 6.45) is 1.74. The fourth-order valence-corrected chi connectivity index (χ4v) is 2.49. The SMILES string of the molecule is CC1CN(Cc2ccco2)c2ccccc2CN1. The lowest BCUT2D eigenvalue weighted by Crippen LogP contribution is -2.35. The van der Waals surface area contributed by atoms with Crippen LogP contribution in [0.5, 0.6) is 0 Å². The quantitative estimate of drug-likeness (QED) is 0.877. The molecule has 1 aromatic carbocycles. The Morgan fingerprint density at radius 1 is 1.28 bits per heavy atom. The highest BCUT2D eigenvalue weighted by Gasteiger charge is 2.19. The molecule has 1 unspecified atom stereocenters. The summed E-state index contributed by atoms with van der Waals surface area (Å²) in [7, 11) is 0. The maximum atomic E-state index is 5.47. The zero-order chi connectivity index (χ0) is 12.4. The van der Waals surface area contributed by atoms with Gasteiger partial charge in [0.1, 0.15) is 5.76 Å². The third-order valence-corrected chi connectivity index (χ3v) is 3.39. The Bertz CT molecular complexity index is 507. The van der Waals surface area contributed by atoms with Gasteiger partial charge in [0.05, 0.1) is 12.8 Å². The molecule has 3 heteroatoms. The van der Waals surface area contributed by atoms with E-state index in [4.69, 9.17) is 4.42 Å². The summed E-state index contributed by atoms with van der Waals surface area (Å²) in [4.78, 5) is 2.39. The molecule has 94 valence electrons. The lowest BCUT2D eigenvalue weighted by Gasteiger charge is -2.25. The second-order valence-corrected chi connectivity index (χ2v) is 4.87. The standard InChI is InChI=1S/C15H18N2O/c1-12-10-17(11-14-6-4-8-18-14)15-7-3-2-5-13(15)9-16-12/h2-8,12,16H,9-11H2,1H3. The zero-order valence-electron chi connectivity index (χ0n) is 10.6. The molecule has 0 fully saturated rings. The predicted molar refractivity (Wildman–Crippen MR) is 72.5 cm³/mol. The van der Waals surface area contributed by atoms with Gasteiger partial charge < -0.3 is 14.6 Å². The number of rotatable bonds is 2. The molecule has 0 bridgehead atoms. The third-order valence-electron chi connectivity index (χ3n) is 3.39. The maximum Gasteiger partial charge on any atom is 0.123 e. The summed E-state index contributed by atoms with van der Waals surface area (Å²) < 4.78 is 5.47. The van der Waals surface area contributed by atoms with Crippen LogP contribution < -0.4 is 10.2 Å². The van der Waals surface area contributed by atoms with Crippen LogP contribution in [0.25, 0.3) is 0 Å². The van der Waals surface area contributed by atoms with Gasteiger partial charge in [0.15, 0.2) is 0 Å². The van der Waals surface area contributed by atoms with Gasteiger partial charge in [-0.25, -0.2) is 0 Å². The van der Waals surface area contributed by atoms with Crippen molar-refractivity contribution in [1.82, 2.24) is 5.32 Å². The molecular formula is C15H18N2O. The molecular weight excluding hydrogens is 224 g/mol. The highest BCUT2D eigenvalue weighted by atomic mass is 16.3. The van der Waals surface area contributed by atoms with E-state index in [2.05, 4.69) is 41.4 Å². The lowest BCUT2D eigenvalue weighted by molar-refractivity contribution is 0.490. The van der Waals surface area contributed by atoms with Gasteiger partial charge in [0.2, 0.25) is 0 Å². The van der Waals surface area contributed by atoms with Crippen LogP contribution in [-0.4, -0.2) is 12.6 Å². The number of nitrogens with zero attached hydrogens (tertiary/aromatic N) is 1. The van der Waals surface area contributed by atoms with Crippen molar-refractivity contribution in [3.05, 3.63) is 54.0 Å². The van der Waals surface area contributed by atoms with Crippen LogP contribution >= 0.6 is 0 Å². The van der Waals surface area contributed by atoms with Crippen molar-refractivity contribution in [1.29, 1.82) is 0 Å². The molecule has 0 saturated carbocycles. The molecule has 1 aliphatic rings. The molecule has 1 aliphatic heterocycles. The van der Waals surface area contributed by atoms with Crippen LogP contribution in [0.2, 0.25) is 0 Å². The van der Waals surface area contributed by atoms with Crippen molar-refractivity contribution in [2.45, 2.75) is 26.1 Å². The number of hydrogen-bond acceptors (Lipinski definition) is 3. The van der Waals surface area contributed by atoms with Crippen LogP contribution in [0.4, 0.5) is 5.69 Å². The molecule has 3 nitrogen and oxygen atoms in total. The van der Waals surface area contributed by atoms with Gasteiger partial charge in [-0.1, -0.05) is 18.2 Å². The van der Waals surface area contributed by atoms with Gasteiger partial charge in [-0.3, -0.25) is 0 Å². The summed E-state index contributed by atoms with van der Waals surface area (Å²) >= 11 is 0. The Labute approximate surface area is 107 Å². The molecule has 1 N–H and O–H groups in total. The molecule has 3 rings (SSSR count). The largest absolute Gasteiger partial charge is 0.467 e. The highest BCUT2D eigenvalue weighted by Crippen LogP contribution is 2.25. The monoisotopic (exact) mass is 242 g/mol. The molecule has 0 saturated heterocycles. The van der Waals surface area contributed by atoms with Gasteiger partial charge in [-0.05, 0) is 30.7 Å². The summed E-state index contributed by atoms with van der Waals surface area (Å²) in [5, 5.41) is 3.54. The van der Waals surface area contributed by atoms with Crippen LogP contribution in [0, 0.1) is 0 Å². The summed E-state index contributed by atoms with van der Waals surface area (Å²) in [6, 6.07) is 13.0. The van der Waals surface area contributed by atoms with Gasteiger partial charge in [-0.2, -0.15) is 0 Å². The van der Waals surface area contributed by atoms with E-state index in [9.17, 15) is 0 Å². The van der Waals surface area contributed by atoms with Crippen LogP contribution in [0.3, 0.4) is 0 Å². The minimum absolute atomic E-state index is 0.479. The van der Waals surface area contributed by atoms with E-state index in [0.29, 0.717) is 6.04 Å². The Morgan fingerprint density at radius 2 is 2.17 bits per heavy atom. The van der Waals surface area contributed by atoms with Crippen LogP contribution in [0.1, 0.15) is 18.2 Å². The number of furan rings is 1. The Hall–Kier alpha value is -1.74. The smallest absolute Gasteiger partial charge is 0.123 e. The van der Waals surface area contributed by atoms with Gasteiger partial charge in [0.25, 0.3) is 0 Å². The first-order valence-corrected chi connectivity index (χ1v) is 6.41. The van der Waals surface area contributed by atoms with Crippen molar-refractivity contribution in [3.63, 3.8) is 0 Å². The first-order valence-electron chi connectivity index (χ1n) is 6.41. The number of anilines is 1. The summed E-state index contributed by atoms with van der Waals surface area (Å²) in [5.41, 5.74) is 2.67. The first kappa shape index (κ1) is 11.4. The minimum atomic E-state index is 0.479. The van der Waals surface area contributed by atoms with Gasteiger partial charge >= 0.3 is 0 Å². The molecule has 0 aliphatic carbocycles. The Kier molecular flexibility index (Phi) is 3.07. The number of nitrogens with one attached hydrogen (secondary N) is 1. The van der Waals surface area contributed by atoms with Crippen molar-refractivity contribution in [3.8, 4) is 0 Å². The average Bonchev–Trinajstić information content (AvgIpc) is 2.83. The number of hydrogen-bond donors (Lipinski definition) is 1. The number of para-hydroxylation sites is 1. The topological polar surface area (TPSA) is 28.4 Å². The fraction of sp³-hybridized carbons (Fsp3) is 0.333. The van der Waals surface area contributed by atoms with Crippen molar-refractivity contribution in [2.75, 3.05) is 11.4 Å². The third kappa shape index (κ3) is 2.27. The average molecular weight is 242 g/mol. The highest BCUT2D eigenvalue weighted by molar-refractivity contribution is 5.54. The van der Waals surface area contributed by atoms with Crippen molar-refractivity contribution >= 4 is 5.69 Å². The molecule has 0 amide bonds. The number of fused-ring (bicyclic) bond motifs is 1. The minimum Gasteiger partial charge on any atom is -0.467 e. The Balaban J connectivity index is 1.91. The molecule has 0 radical (unpaired) electrons. The van der Waals surface area contributed by atoms with Gasteiger partial charge in [0, 0.05) is 24.8 Å². The van der Waals surface area contributed by atoms with E-state index in [-0.39, 0.29) is 0 Å². The maximum absolute atomic E-state index is 5.47. The molecule has 18 heavy (non-hydrogen) atoms. The molecule has 1 aromatic heterocycles. The van der Waals surface area contributed by atoms with E-state index in [1.165, 1.54) is 11.3 Å². The van der Waals surface area contributed by atoms with E-state index in [1.54, 1.807) is 6.26 Å². The van der Waals surface area contributed by atoms with Gasteiger partial charge in [-0.15, -0.1) is 0 Å². The van der Waals surface area contributed by atoms with Crippen molar-refractivity contribution in [2.24, 2.45) is 0 Å². The second-order valence-electron chi connectivity index (χ2n) is 4.87. The lowest BCUT2D eigenvalue weighted by atomic mass is 10.1. The van der Waals surface area contributed by atoms with Crippen LogP contribution in [0.15, 0.2) is 47.1 Å². The second kappa shape index (κ2) is 4.86. The molecule has 1 atom stereocenters. The Morgan fingerprint density at radius 3 is 3.00 bits per heavy atom. The van der Waals surface area contributed by atoms with E-state index in [0.717, 1.165) is 25.4 Å². The normalized spacial score (nSPS) is 19.4. The molecule has 2 heterocycles. The van der Waals surface area contributed by atoms with Crippen LogP contribution in [-0.2, 0) is 13.1 Å². The molecule has 0 spiro atoms. The van der Waals surface area contributed by atoms with E-state index in [1.807, 2.05) is 12.1 Å². The number of benzene rings is 1. The molecule has 2 aromatic rings. The van der Waals surface area contributed by atoms with E-state index < -0.39 is 0 Å². The summed E-state index contributed by atoms with van der Waals surface area (Å²) in [6.45, 7) is 4.99. The first-order chi connectivity index (χ1) is 8.83.